The molecule has 17 heteroatoms. The molecule has 4 rings (SSSR count). The summed E-state index contributed by atoms with van der Waals surface area (Å²) in [6.45, 7) is 17.1. The first-order valence-corrected chi connectivity index (χ1v) is 13.9. The topological polar surface area (TPSA) is 149 Å². The van der Waals surface area contributed by atoms with Gasteiger partial charge in [0.15, 0.2) is 16.8 Å². The molecule has 0 saturated carbocycles. The number of pyridine rings is 2. The lowest BCUT2D eigenvalue weighted by Gasteiger charge is -2.12. The average molecular weight is 724 g/mol. The lowest BCUT2D eigenvalue weighted by atomic mass is 10.1. The van der Waals surface area contributed by atoms with E-state index in [-0.39, 0.29) is 47.4 Å². The molecule has 0 saturated heterocycles. The third kappa shape index (κ3) is 11.6. The Labute approximate surface area is 292 Å². The third-order valence-corrected chi connectivity index (χ3v) is 6.53. The molecule has 0 bridgehead atoms. The predicted molar refractivity (Wildman–Crippen MR) is 184 cm³/mol. The van der Waals surface area contributed by atoms with Crippen LogP contribution < -0.4 is 22.0 Å². The Bertz CT molecular complexity index is 1870. The summed E-state index contributed by atoms with van der Waals surface area (Å²) < 4.78 is 26.5. The predicted octanol–water partition coefficient (Wildman–Crippen LogP) is 8.60. The van der Waals surface area contributed by atoms with Gasteiger partial charge in [0.25, 0.3) is 11.8 Å². The van der Waals surface area contributed by atoms with Crippen molar-refractivity contribution in [1.29, 1.82) is 0 Å². The number of anilines is 3. The first kappa shape index (κ1) is 40.9. The molecule has 0 aliphatic carbocycles. The molecule has 2 aromatic heterocycles. The Morgan fingerprint density at radius 2 is 1.27 bits per heavy atom. The number of benzene rings is 2. The summed E-state index contributed by atoms with van der Waals surface area (Å²) in [6, 6.07) is 11.9. The zero-order valence-electron chi connectivity index (χ0n) is 25.0. The van der Waals surface area contributed by atoms with Crippen molar-refractivity contribution in [2.75, 3.05) is 25.3 Å². The number of hydrogen-bond acceptors (Lipinski definition) is 8. The van der Waals surface area contributed by atoms with Gasteiger partial charge in [-0.25, -0.2) is 39.4 Å². The Morgan fingerprint density at radius 1 is 0.792 bits per heavy atom. The molecule has 0 fully saturated rings. The molecule has 2 amide bonds. The van der Waals surface area contributed by atoms with Gasteiger partial charge in [-0.2, -0.15) is 0 Å². The number of carbonyl (C=O) groups excluding carboxylic acids is 2. The van der Waals surface area contributed by atoms with E-state index < -0.39 is 17.5 Å². The molecule has 2 heterocycles. The SMILES string of the molecule is C.CONC(=O)c1ccc(C)c(N)c1.[C-]#[N+]c1cc(F)c(Cl)nc1Cl.[C-]#[N+]c1cc(F)c(Nc2cc(C(=O)NOC)ccc2C)nc1Cl.[HH]. The van der Waals surface area contributed by atoms with E-state index in [0.717, 1.165) is 23.3 Å². The van der Waals surface area contributed by atoms with Crippen LogP contribution in [0.15, 0.2) is 48.5 Å². The van der Waals surface area contributed by atoms with Crippen molar-refractivity contribution in [3.05, 3.63) is 121 Å². The first-order valence-electron chi connectivity index (χ1n) is 12.8. The minimum absolute atomic E-state index is 0. The zero-order chi connectivity index (χ0) is 35.3. The van der Waals surface area contributed by atoms with E-state index in [9.17, 15) is 18.4 Å². The van der Waals surface area contributed by atoms with Crippen LogP contribution in [0.3, 0.4) is 0 Å². The Hall–Kier alpha value is -5.09. The van der Waals surface area contributed by atoms with Crippen molar-refractivity contribution in [1.82, 2.24) is 20.9 Å². The summed E-state index contributed by atoms with van der Waals surface area (Å²) in [4.78, 5) is 45.3. The number of hydrogen-bond donors (Lipinski definition) is 4. The number of amides is 2. The van der Waals surface area contributed by atoms with E-state index in [1.165, 1.54) is 20.3 Å². The minimum atomic E-state index is -0.734. The monoisotopic (exact) mass is 722 g/mol. The van der Waals surface area contributed by atoms with E-state index in [2.05, 4.69) is 45.6 Å². The van der Waals surface area contributed by atoms with E-state index in [0.29, 0.717) is 22.5 Å². The molecule has 0 radical (unpaired) electrons. The quantitative estimate of drug-likeness (QED) is 0.0669. The summed E-state index contributed by atoms with van der Waals surface area (Å²) >= 11 is 16.5. The number of nitrogens with one attached hydrogen (secondary N) is 3. The van der Waals surface area contributed by atoms with Gasteiger partial charge < -0.3 is 11.1 Å². The zero-order valence-corrected chi connectivity index (χ0v) is 27.3. The highest BCUT2D eigenvalue weighted by atomic mass is 35.5. The highest BCUT2D eigenvalue weighted by Gasteiger charge is 2.14. The standard InChI is InChI=1S/C15H12ClFN4O2.C9H12N2O2.C6HCl2FN2.CH4.H2/c1-8-4-5-9(15(22)21-23-3)6-11(8)19-14-10(17)7-12(18-2)13(16)20-14;1-6-3-4-7(5-8(6)10)9(12)11-13-2;1-10-4-2-3(9)5(7)11-6(4)8;;/h4-7H,1,3H3,(H,19,20)(H,21,22);3-5H,10H2,1-2H3,(H,11,12);2H;1H4;1H. The highest BCUT2D eigenvalue weighted by molar-refractivity contribution is 6.34. The number of nitrogen functional groups attached to an aromatic ring is 1. The van der Waals surface area contributed by atoms with Gasteiger partial charge in [-0.3, -0.25) is 19.3 Å². The van der Waals surface area contributed by atoms with Crippen molar-refractivity contribution in [2.45, 2.75) is 21.3 Å². The van der Waals surface area contributed by atoms with Crippen LogP contribution in [0.5, 0.6) is 0 Å². The molecule has 0 spiro atoms. The third-order valence-electron chi connectivity index (χ3n) is 5.70. The van der Waals surface area contributed by atoms with Crippen LogP contribution in [-0.4, -0.2) is 36.0 Å². The van der Waals surface area contributed by atoms with E-state index >= 15 is 0 Å². The lowest BCUT2D eigenvalue weighted by Crippen LogP contribution is -2.21. The average Bonchev–Trinajstić information content (AvgIpc) is 3.03. The largest absolute Gasteiger partial charge is 0.398 e. The molecule has 48 heavy (non-hydrogen) atoms. The van der Waals surface area contributed by atoms with Crippen LogP contribution in [0.25, 0.3) is 9.69 Å². The van der Waals surface area contributed by atoms with Crippen LogP contribution in [0.1, 0.15) is 40.7 Å². The van der Waals surface area contributed by atoms with Crippen molar-refractivity contribution >= 4 is 75.2 Å². The molecular weight excluding hydrogens is 693 g/mol. The van der Waals surface area contributed by atoms with Gasteiger partial charge in [-0.15, -0.1) is 0 Å². The fourth-order valence-corrected chi connectivity index (χ4v) is 3.79. The van der Waals surface area contributed by atoms with Crippen LogP contribution in [0, 0.1) is 38.6 Å². The molecule has 0 unspecified atom stereocenters. The van der Waals surface area contributed by atoms with Gasteiger partial charge in [-0.05, 0) is 61.4 Å². The molecule has 12 nitrogen and oxygen atoms in total. The van der Waals surface area contributed by atoms with Gasteiger partial charge in [0, 0.05) is 23.9 Å². The van der Waals surface area contributed by atoms with Crippen molar-refractivity contribution < 1.29 is 29.5 Å². The van der Waals surface area contributed by atoms with Crippen molar-refractivity contribution in [3.8, 4) is 0 Å². The Balaban J connectivity index is 0.000000755. The van der Waals surface area contributed by atoms with Gasteiger partial charge in [0.05, 0.1) is 27.4 Å². The molecule has 4 aromatic rings. The van der Waals surface area contributed by atoms with Crippen molar-refractivity contribution in [2.24, 2.45) is 0 Å². The van der Waals surface area contributed by atoms with Crippen LogP contribution >= 0.6 is 34.8 Å². The van der Waals surface area contributed by atoms with Crippen LogP contribution in [0.4, 0.5) is 37.3 Å². The Kier molecular flexibility index (Phi) is 16.7. The number of nitrogens with two attached hydrogens (primary N) is 1. The molecule has 0 aliphatic heterocycles. The Morgan fingerprint density at radius 3 is 1.77 bits per heavy atom. The van der Waals surface area contributed by atoms with E-state index in [4.69, 9.17) is 53.7 Å². The molecule has 0 atom stereocenters. The van der Waals surface area contributed by atoms with E-state index in [1.54, 1.807) is 37.3 Å². The molecule has 5 N–H and O–H groups in total. The molecule has 254 valence electrons. The maximum atomic E-state index is 14.0. The second kappa shape index (κ2) is 19.5. The second-order valence-corrected chi connectivity index (χ2v) is 9.99. The van der Waals surface area contributed by atoms with Gasteiger partial charge in [0.2, 0.25) is 11.4 Å². The fraction of sp³-hybridized carbons (Fsp3) is 0.161. The number of aryl methyl sites for hydroxylation is 2. The number of aromatic nitrogens is 2. The fourth-order valence-electron chi connectivity index (χ4n) is 3.25. The smallest absolute Gasteiger partial charge is 0.274 e. The van der Waals surface area contributed by atoms with Crippen LogP contribution in [-0.2, 0) is 9.68 Å². The summed E-state index contributed by atoms with van der Waals surface area (Å²) in [5.41, 5.74) is 13.6. The minimum Gasteiger partial charge on any atom is -0.398 e. The lowest BCUT2D eigenvalue weighted by molar-refractivity contribution is 0.0533. The van der Waals surface area contributed by atoms with Gasteiger partial charge >= 0.3 is 0 Å². The number of hydroxylamine groups is 2. The number of carbonyl (C=O) groups is 2. The molecule has 0 aliphatic rings. The maximum Gasteiger partial charge on any atom is 0.274 e. The summed E-state index contributed by atoms with van der Waals surface area (Å²) in [6.07, 6.45) is 0. The normalized spacial score (nSPS) is 9.56. The molecular formula is C31H31Cl3F2N8O4. The number of nitrogens with zero attached hydrogens (tertiary/aromatic N) is 4. The molecule has 2 aromatic carbocycles. The van der Waals surface area contributed by atoms with Gasteiger partial charge in [0.1, 0.15) is 16.1 Å². The number of halogens is 5. The second-order valence-electron chi connectivity index (χ2n) is 8.92. The number of rotatable bonds is 6. The van der Waals surface area contributed by atoms with Crippen molar-refractivity contribution in [3.63, 3.8) is 0 Å². The first-order chi connectivity index (χ1) is 22.3. The van der Waals surface area contributed by atoms with E-state index in [1.807, 2.05) is 6.92 Å². The summed E-state index contributed by atoms with van der Waals surface area (Å²) in [5.74, 6) is -2.32. The maximum absolute atomic E-state index is 14.0. The van der Waals surface area contributed by atoms with Crippen LogP contribution in [0.2, 0.25) is 15.5 Å². The highest BCUT2D eigenvalue weighted by Crippen LogP contribution is 2.30. The summed E-state index contributed by atoms with van der Waals surface area (Å²) in [5, 5.41) is 2.28. The van der Waals surface area contributed by atoms with Gasteiger partial charge in [-0.1, -0.05) is 54.4 Å². The summed E-state index contributed by atoms with van der Waals surface area (Å²) in [7, 11) is 2.71.